The number of rotatable bonds is 4. The molecule has 0 amide bonds. The first-order chi connectivity index (χ1) is 9.46. The second-order valence-electron chi connectivity index (χ2n) is 6.15. The van der Waals surface area contributed by atoms with Crippen LogP contribution in [0, 0.1) is 19.3 Å². The van der Waals surface area contributed by atoms with Crippen LogP contribution in [0.2, 0.25) is 0 Å². The maximum absolute atomic E-state index is 6.76. The zero-order valence-corrected chi connectivity index (χ0v) is 14.6. The van der Waals surface area contributed by atoms with Gasteiger partial charge in [-0.1, -0.05) is 35.7 Å². The number of nitrogens with two attached hydrogens (primary N) is 1. The van der Waals surface area contributed by atoms with Crippen LogP contribution in [0.15, 0.2) is 10.5 Å². The standard InChI is InChI=1S/C17H26BrNO/c1-5-17(8-6-7-9-17)16(19)14-12(3)13(18)10-11(2)15(14)20-4/h10,16H,5-9,19H2,1-4H3. The smallest absolute Gasteiger partial charge is 0.126 e. The van der Waals surface area contributed by atoms with Gasteiger partial charge in [0.25, 0.3) is 0 Å². The molecule has 0 heterocycles. The molecule has 2 rings (SSSR count). The zero-order chi connectivity index (χ0) is 14.9. The Bertz CT molecular complexity index is 492. The van der Waals surface area contributed by atoms with E-state index < -0.39 is 0 Å². The Morgan fingerprint density at radius 1 is 1.35 bits per heavy atom. The van der Waals surface area contributed by atoms with Gasteiger partial charge >= 0.3 is 0 Å². The predicted molar refractivity (Wildman–Crippen MR) is 88.3 cm³/mol. The Kier molecular flexibility index (Phi) is 4.80. The van der Waals surface area contributed by atoms with E-state index in [-0.39, 0.29) is 11.5 Å². The van der Waals surface area contributed by atoms with E-state index in [0.29, 0.717) is 0 Å². The van der Waals surface area contributed by atoms with Gasteiger partial charge in [0.05, 0.1) is 7.11 Å². The van der Waals surface area contributed by atoms with Crippen LogP contribution in [0.5, 0.6) is 5.75 Å². The van der Waals surface area contributed by atoms with Crippen LogP contribution in [0.4, 0.5) is 0 Å². The molecule has 0 radical (unpaired) electrons. The lowest BCUT2D eigenvalue weighted by molar-refractivity contribution is 0.217. The molecule has 112 valence electrons. The summed E-state index contributed by atoms with van der Waals surface area (Å²) in [6.45, 7) is 6.50. The summed E-state index contributed by atoms with van der Waals surface area (Å²) >= 11 is 3.67. The second-order valence-corrected chi connectivity index (χ2v) is 7.00. The van der Waals surface area contributed by atoms with Crippen molar-refractivity contribution >= 4 is 15.9 Å². The average molecular weight is 340 g/mol. The van der Waals surface area contributed by atoms with E-state index in [0.717, 1.165) is 22.2 Å². The van der Waals surface area contributed by atoms with Crippen molar-refractivity contribution in [3.63, 3.8) is 0 Å². The van der Waals surface area contributed by atoms with Crippen molar-refractivity contribution in [3.05, 3.63) is 27.2 Å². The van der Waals surface area contributed by atoms with E-state index in [9.17, 15) is 0 Å². The van der Waals surface area contributed by atoms with Crippen molar-refractivity contribution in [2.45, 2.75) is 58.9 Å². The second kappa shape index (κ2) is 6.07. The molecule has 0 spiro atoms. The van der Waals surface area contributed by atoms with E-state index in [1.54, 1.807) is 7.11 Å². The molecule has 1 aliphatic carbocycles. The Morgan fingerprint density at radius 3 is 2.45 bits per heavy atom. The third kappa shape index (κ3) is 2.50. The van der Waals surface area contributed by atoms with Crippen LogP contribution in [0.3, 0.4) is 0 Å². The lowest BCUT2D eigenvalue weighted by atomic mass is 9.72. The Hall–Kier alpha value is -0.540. The van der Waals surface area contributed by atoms with Gasteiger partial charge < -0.3 is 10.5 Å². The molecule has 1 fully saturated rings. The lowest BCUT2D eigenvalue weighted by Gasteiger charge is -2.36. The number of methoxy groups -OCH3 is 1. The SMILES string of the molecule is CCC1(C(N)c2c(C)c(Br)cc(C)c2OC)CCCC1. The molecule has 20 heavy (non-hydrogen) atoms. The molecule has 1 aliphatic rings. The first-order valence-electron chi connectivity index (χ1n) is 7.56. The fraction of sp³-hybridized carbons (Fsp3) is 0.647. The van der Waals surface area contributed by atoms with Gasteiger partial charge in [-0.3, -0.25) is 0 Å². The van der Waals surface area contributed by atoms with E-state index in [1.165, 1.54) is 36.8 Å². The Balaban J connectivity index is 2.56. The minimum absolute atomic E-state index is 0.0566. The largest absolute Gasteiger partial charge is 0.496 e. The number of benzene rings is 1. The zero-order valence-electron chi connectivity index (χ0n) is 13.1. The summed E-state index contributed by atoms with van der Waals surface area (Å²) in [5.41, 5.74) is 10.6. The lowest BCUT2D eigenvalue weighted by Crippen LogP contribution is -2.32. The normalized spacial score (nSPS) is 19.1. The average Bonchev–Trinajstić information content (AvgIpc) is 2.91. The first-order valence-corrected chi connectivity index (χ1v) is 8.35. The topological polar surface area (TPSA) is 35.2 Å². The van der Waals surface area contributed by atoms with Crippen molar-refractivity contribution in [2.24, 2.45) is 11.1 Å². The summed E-state index contributed by atoms with van der Waals surface area (Å²) in [4.78, 5) is 0. The maximum Gasteiger partial charge on any atom is 0.126 e. The van der Waals surface area contributed by atoms with Gasteiger partial charge in [0.15, 0.2) is 0 Å². The van der Waals surface area contributed by atoms with E-state index in [4.69, 9.17) is 10.5 Å². The Morgan fingerprint density at radius 2 is 1.95 bits per heavy atom. The van der Waals surface area contributed by atoms with Crippen LogP contribution >= 0.6 is 15.9 Å². The summed E-state index contributed by atoms with van der Waals surface area (Å²) in [6, 6.07) is 2.18. The highest BCUT2D eigenvalue weighted by Crippen LogP contribution is 2.52. The van der Waals surface area contributed by atoms with Gasteiger partial charge in [0, 0.05) is 16.1 Å². The number of ether oxygens (including phenoxy) is 1. The molecule has 1 saturated carbocycles. The van der Waals surface area contributed by atoms with Gasteiger partial charge in [0.2, 0.25) is 0 Å². The minimum atomic E-state index is 0.0566. The van der Waals surface area contributed by atoms with Crippen molar-refractivity contribution < 1.29 is 4.74 Å². The van der Waals surface area contributed by atoms with Crippen molar-refractivity contribution in [3.8, 4) is 5.75 Å². The van der Waals surface area contributed by atoms with Crippen molar-refractivity contribution in [1.82, 2.24) is 0 Å². The number of hydrogen-bond acceptors (Lipinski definition) is 2. The monoisotopic (exact) mass is 339 g/mol. The number of hydrogen-bond donors (Lipinski definition) is 1. The van der Waals surface area contributed by atoms with E-state index in [1.807, 2.05) is 0 Å². The molecule has 1 unspecified atom stereocenters. The minimum Gasteiger partial charge on any atom is -0.496 e. The summed E-state index contributed by atoms with van der Waals surface area (Å²) in [5.74, 6) is 0.970. The molecule has 0 bridgehead atoms. The van der Waals surface area contributed by atoms with Crippen molar-refractivity contribution in [1.29, 1.82) is 0 Å². The molecule has 1 atom stereocenters. The summed E-state index contributed by atoms with van der Waals surface area (Å²) < 4.78 is 6.81. The van der Waals surface area contributed by atoms with Crippen LogP contribution in [-0.4, -0.2) is 7.11 Å². The molecule has 3 heteroatoms. The van der Waals surface area contributed by atoms with Crippen LogP contribution in [-0.2, 0) is 0 Å². The molecule has 1 aromatic carbocycles. The van der Waals surface area contributed by atoms with Gasteiger partial charge in [-0.25, -0.2) is 0 Å². The summed E-state index contributed by atoms with van der Waals surface area (Å²) in [5, 5.41) is 0. The molecule has 1 aromatic rings. The van der Waals surface area contributed by atoms with E-state index in [2.05, 4.69) is 42.8 Å². The summed E-state index contributed by atoms with van der Waals surface area (Å²) in [7, 11) is 1.75. The third-order valence-electron chi connectivity index (χ3n) is 5.19. The van der Waals surface area contributed by atoms with Crippen LogP contribution < -0.4 is 10.5 Å². The maximum atomic E-state index is 6.76. The number of aryl methyl sites for hydroxylation is 1. The fourth-order valence-corrected chi connectivity index (χ4v) is 4.35. The van der Waals surface area contributed by atoms with Gasteiger partial charge in [-0.15, -0.1) is 0 Å². The molecule has 2 N–H and O–H groups in total. The first kappa shape index (κ1) is 15.8. The molecule has 2 nitrogen and oxygen atoms in total. The summed E-state index contributed by atoms with van der Waals surface area (Å²) in [6.07, 6.45) is 6.21. The highest BCUT2D eigenvalue weighted by Gasteiger charge is 2.40. The quantitative estimate of drug-likeness (QED) is 0.833. The molecule has 0 aliphatic heterocycles. The highest BCUT2D eigenvalue weighted by molar-refractivity contribution is 9.10. The van der Waals surface area contributed by atoms with Gasteiger partial charge in [-0.05, 0) is 55.7 Å². The molecular formula is C17H26BrNO. The van der Waals surface area contributed by atoms with E-state index >= 15 is 0 Å². The van der Waals surface area contributed by atoms with Gasteiger partial charge in [0.1, 0.15) is 5.75 Å². The fourth-order valence-electron chi connectivity index (χ4n) is 3.79. The predicted octanol–water partition coefficient (Wildman–Crippen LogP) is 5.04. The highest BCUT2D eigenvalue weighted by atomic mass is 79.9. The van der Waals surface area contributed by atoms with Crippen LogP contribution in [0.1, 0.15) is 61.8 Å². The molecule has 0 aromatic heterocycles. The molecular weight excluding hydrogens is 314 g/mol. The number of halogens is 1. The Labute approximate surface area is 131 Å². The third-order valence-corrected chi connectivity index (χ3v) is 6.01. The molecule has 0 saturated heterocycles. The van der Waals surface area contributed by atoms with Crippen molar-refractivity contribution in [2.75, 3.05) is 7.11 Å². The van der Waals surface area contributed by atoms with Gasteiger partial charge in [-0.2, -0.15) is 0 Å². The van der Waals surface area contributed by atoms with Crippen LogP contribution in [0.25, 0.3) is 0 Å².